The van der Waals surface area contributed by atoms with Crippen LogP contribution >= 0.6 is 0 Å². The maximum atomic E-state index is 10.6. The first kappa shape index (κ1) is 9.39. The van der Waals surface area contributed by atoms with Crippen LogP contribution in [0.1, 0.15) is 5.56 Å². The summed E-state index contributed by atoms with van der Waals surface area (Å²) in [6.45, 7) is 0. The molecule has 0 radical (unpaired) electrons. The number of hydrogen-bond acceptors (Lipinski definition) is 3. The SMILES string of the molecule is Nc1[nH]c2ccc(O)cc2c1CC(=O)O. The maximum absolute atomic E-state index is 10.6. The second-order valence-corrected chi connectivity index (χ2v) is 3.32. The Morgan fingerprint density at radius 1 is 1.47 bits per heavy atom. The number of phenols is 1. The number of aromatic hydroxyl groups is 1. The highest BCUT2D eigenvalue weighted by Gasteiger charge is 2.12. The summed E-state index contributed by atoms with van der Waals surface area (Å²) in [7, 11) is 0. The van der Waals surface area contributed by atoms with Crippen molar-refractivity contribution in [2.75, 3.05) is 5.73 Å². The molecule has 5 heteroatoms. The fourth-order valence-electron chi connectivity index (χ4n) is 1.60. The first-order chi connectivity index (χ1) is 7.08. The zero-order valence-corrected chi connectivity index (χ0v) is 7.82. The largest absolute Gasteiger partial charge is 0.508 e. The number of carboxylic acids is 1. The van der Waals surface area contributed by atoms with Crippen LogP contribution in [0.2, 0.25) is 0 Å². The van der Waals surface area contributed by atoms with Gasteiger partial charge >= 0.3 is 5.97 Å². The fourth-order valence-corrected chi connectivity index (χ4v) is 1.60. The lowest BCUT2D eigenvalue weighted by Gasteiger charge is -1.96. The lowest BCUT2D eigenvalue weighted by molar-refractivity contribution is -0.136. The third kappa shape index (κ3) is 1.59. The van der Waals surface area contributed by atoms with Gasteiger partial charge in [-0.05, 0) is 18.2 Å². The number of phenolic OH excluding ortho intramolecular Hbond substituents is 1. The van der Waals surface area contributed by atoms with E-state index < -0.39 is 5.97 Å². The lowest BCUT2D eigenvalue weighted by atomic mass is 10.1. The van der Waals surface area contributed by atoms with Crippen molar-refractivity contribution in [3.05, 3.63) is 23.8 Å². The van der Waals surface area contributed by atoms with E-state index in [9.17, 15) is 9.90 Å². The van der Waals surface area contributed by atoms with Gasteiger partial charge in [0.1, 0.15) is 11.6 Å². The van der Waals surface area contributed by atoms with Crippen molar-refractivity contribution in [1.29, 1.82) is 0 Å². The number of benzene rings is 1. The molecule has 1 aromatic heterocycles. The number of aromatic amines is 1. The minimum atomic E-state index is -0.953. The van der Waals surface area contributed by atoms with Crippen LogP contribution in [-0.2, 0) is 11.2 Å². The molecule has 0 aliphatic rings. The molecular formula is C10H10N2O3. The van der Waals surface area contributed by atoms with Crippen LogP contribution in [0.25, 0.3) is 10.9 Å². The second-order valence-electron chi connectivity index (χ2n) is 3.32. The third-order valence-corrected chi connectivity index (χ3v) is 2.25. The van der Waals surface area contributed by atoms with E-state index >= 15 is 0 Å². The molecule has 0 atom stereocenters. The van der Waals surface area contributed by atoms with Crippen LogP contribution in [-0.4, -0.2) is 21.2 Å². The molecule has 5 N–H and O–H groups in total. The van der Waals surface area contributed by atoms with Crippen LogP contribution in [0.3, 0.4) is 0 Å². The number of rotatable bonds is 2. The zero-order chi connectivity index (χ0) is 11.0. The molecule has 0 spiro atoms. The van der Waals surface area contributed by atoms with Gasteiger partial charge in [-0.15, -0.1) is 0 Å². The number of anilines is 1. The van der Waals surface area contributed by atoms with Gasteiger partial charge in [0.05, 0.1) is 6.42 Å². The second kappa shape index (κ2) is 3.20. The van der Waals surface area contributed by atoms with E-state index in [2.05, 4.69) is 4.98 Å². The molecule has 0 amide bonds. The monoisotopic (exact) mass is 206 g/mol. The minimum absolute atomic E-state index is 0.0909. The molecule has 15 heavy (non-hydrogen) atoms. The summed E-state index contributed by atoms with van der Waals surface area (Å²) >= 11 is 0. The first-order valence-electron chi connectivity index (χ1n) is 4.39. The summed E-state index contributed by atoms with van der Waals surface area (Å²) in [6.07, 6.45) is -0.157. The molecule has 0 bridgehead atoms. The van der Waals surface area contributed by atoms with Crippen molar-refractivity contribution in [2.45, 2.75) is 6.42 Å². The Labute approximate surface area is 85.1 Å². The summed E-state index contributed by atoms with van der Waals surface area (Å²) in [4.78, 5) is 13.5. The number of carboxylic acid groups (broad SMARTS) is 1. The highest BCUT2D eigenvalue weighted by Crippen LogP contribution is 2.27. The number of nitrogen functional groups attached to an aromatic ring is 1. The van der Waals surface area contributed by atoms with E-state index in [0.717, 1.165) is 5.52 Å². The summed E-state index contributed by atoms with van der Waals surface area (Å²) in [5.74, 6) is -0.530. The maximum Gasteiger partial charge on any atom is 0.307 e. The number of H-pyrrole nitrogens is 1. The van der Waals surface area contributed by atoms with Gasteiger partial charge in [-0.1, -0.05) is 0 Å². The average Bonchev–Trinajstić information content (AvgIpc) is 2.43. The average molecular weight is 206 g/mol. The van der Waals surface area contributed by atoms with Gasteiger partial charge in [0.15, 0.2) is 0 Å². The molecule has 5 nitrogen and oxygen atoms in total. The molecule has 0 saturated heterocycles. The molecule has 0 fully saturated rings. The molecule has 0 aliphatic carbocycles. The number of hydrogen-bond donors (Lipinski definition) is 4. The van der Waals surface area contributed by atoms with Crippen molar-refractivity contribution in [3.63, 3.8) is 0 Å². The van der Waals surface area contributed by atoms with Crippen LogP contribution in [0.15, 0.2) is 18.2 Å². The smallest absolute Gasteiger partial charge is 0.307 e. The molecule has 1 heterocycles. The molecular weight excluding hydrogens is 196 g/mol. The van der Waals surface area contributed by atoms with Gasteiger partial charge in [-0.2, -0.15) is 0 Å². The van der Waals surface area contributed by atoms with Crippen molar-refractivity contribution in [1.82, 2.24) is 4.98 Å². The molecule has 2 rings (SSSR count). The number of fused-ring (bicyclic) bond motifs is 1. The first-order valence-corrected chi connectivity index (χ1v) is 4.39. The van der Waals surface area contributed by atoms with Crippen molar-refractivity contribution in [2.24, 2.45) is 0 Å². The Balaban J connectivity index is 2.65. The summed E-state index contributed by atoms with van der Waals surface area (Å²) in [5.41, 5.74) is 6.88. The van der Waals surface area contributed by atoms with E-state index in [1.54, 1.807) is 6.07 Å². The predicted octanol–water partition coefficient (Wildman–Crippen LogP) is 1.08. The Bertz CT molecular complexity index is 531. The van der Waals surface area contributed by atoms with E-state index in [-0.39, 0.29) is 12.2 Å². The summed E-state index contributed by atoms with van der Waals surface area (Å²) < 4.78 is 0. The predicted molar refractivity (Wildman–Crippen MR) is 55.7 cm³/mol. The van der Waals surface area contributed by atoms with Gasteiger partial charge in [0.25, 0.3) is 0 Å². The van der Waals surface area contributed by atoms with E-state index in [1.807, 2.05) is 0 Å². The topological polar surface area (TPSA) is 99.3 Å². The van der Waals surface area contributed by atoms with E-state index in [0.29, 0.717) is 16.8 Å². The van der Waals surface area contributed by atoms with Gasteiger partial charge < -0.3 is 20.9 Å². The molecule has 0 saturated carbocycles. The fraction of sp³-hybridized carbons (Fsp3) is 0.100. The lowest BCUT2D eigenvalue weighted by Crippen LogP contribution is -2.02. The van der Waals surface area contributed by atoms with Crippen molar-refractivity contribution >= 4 is 22.7 Å². The Hall–Kier alpha value is -2.17. The Morgan fingerprint density at radius 3 is 2.87 bits per heavy atom. The van der Waals surface area contributed by atoms with Gasteiger partial charge in [-0.3, -0.25) is 4.79 Å². The zero-order valence-electron chi connectivity index (χ0n) is 7.82. The summed E-state index contributed by atoms with van der Waals surface area (Å²) in [6, 6.07) is 4.68. The molecule has 0 aliphatic heterocycles. The van der Waals surface area contributed by atoms with Crippen LogP contribution in [0.4, 0.5) is 5.82 Å². The number of aromatic nitrogens is 1. The van der Waals surface area contributed by atoms with Gasteiger partial charge in [0, 0.05) is 16.5 Å². The van der Waals surface area contributed by atoms with E-state index in [1.165, 1.54) is 12.1 Å². The van der Waals surface area contributed by atoms with Crippen LogP contribution in [0, 0.1) is 0 Å². The minimum Gasteiger partial charge on any atom is -0.508 e. The summed E-state index contributed by atoms with van der Waals surface area (Å²) in [5, 5.41) is 18.7. The van der Waals surface area contributed by atoms with Crippen molar-refractivity contribution in [3.8, 4) is 5.75 Å². The Kier molecular flexibility index (Phi) is 2.00. The highest BCUT2D eigenvalue weighted by atomic mass is 16.4. The number of nitrogens with one attached hydrogen (secondary N) is 1. The van der Waals surface area contributed by atoms with Gasteiger partial charge in [-0.25, -0.2) is 0 Å². The normalized spacial score (nSPS) is 10.7. The van der Waals surface area contributed by atoms with E-state index in [4.69, 9.17) is 10.8 Å². The quantitative estimate of drug-likeness (QED) is 0.590. The third-order valence-electron chi connectivity index (χ3n) is 2.25. The van der Waals surface area contributed by atoms with Gasteiger partial charge in [0.2, 0.25) is 0 Å². The highest BCUT2D eigenvalue weighted by molar-refractivity contribution is 5.92. The molecule has 0 unspecified atom stereocenters. The van der Waals surface area contributed by atoms with Crippen LogP contribution in [0.5, 0.6) is 5.75 Å². The number of carbonyl (C=O) groups is 1. The van der Waals surface area contributed by atoms with Crippen molar-refractivity contribution < 1.29 is 15.0 Å². The Morgan fingerprint density at radius 2 is 2.20 bits per heavy atom. The van der Waals surface area contributed by atoms with Crippen LogP contribution < -0.4 is 5.73 Å². The molecule has 2 aromatic rings. The standard InChI is InChI=1S/C10H10N2O3/c11-10-7(4-9(14)15)6-3-5(13)1-2-8(6)12-10/h1-3,12-13H,4,11H2,(H,14,15). The molecule has 1 aromatic carbocycles. The number of aliphatic carboxylic acids is 1. The number of nitrogens with two attached hydrogens (primary N) is 1. The molecule has 78 valence electrons.